The van der Waals surface area contributed by atoms with Crippen molar-refractivity contribution in [2.24, 2.45) is 5.92 Å². The minimum absolute atomic E-state index is 0.0417. The summed E-state index contributed by atoms with van der Waals surface area (Å²) in [5.74, 6) is 0.137. The molecular weight excluding hydrogens is 264 g/mol. The van der Waals surface area contributed by atoms with Crippen molar-refractivity contribution in [3.63, 3.8) is 0 Å². The van der Waals surface area contributed by atoms with Crippen LogP contribution in [0.4, 0.5) is 0 Å². The van der Waals surface area contributed by atoms with Gasteiger partial charge in [0.05, 0.1) is 23.4 Å². The molecule has 19 heavy (non-hydrogen) atoms. The molecule has 5 nitrogen and oxygen atoms in total. The standard InChI is InChI=1S/C13H20N2O3S/c1-8-12(19-9(2)14-8)13(18)15-5-3-10(4-6-15)11(17)7-16/h10-11,16-17H,3-7H2,1-2H3. The molecule has 1 aromatic heterocycles. The van der Waals surface area contributed by atoms with Crippen molar-refractivity contribution in [2.45, 2.75) is 32.8 Å². The smallest absolute Gasteiger partial charge is 0.265 e. The second-order valence-corrected chi connectivity index (χ2v) is 6.23. The van der Waals surface area contributed by atoms with Crippen molar-refractivity contribution in [3.05, 3.63) is 15.6 Å². The minimum Gasteiger partial charge on any atom is -0.394 e. The molecule has 1 atom stereocenters. The average Bonchev–Trinajstić information content (AvgIpc) is 2.76. The Morgan fingerprint density at radius 3 is 2.58 bits per heavy atom. The van der Waals surface area contributed by atoms with Crippen molar-refractivity contribution in [3.8, 4) is 0 Å². The summed E-state index contributed by atoms with van der Waals surface area (Å²) >= 11 is 1.44. The Balaban J connectivity index is 1.98. The number of nitrogens with zero attached hydrogens (tertiary/aromatic N) is 2. The number of carbonyl (C=O) groups excluding carboxylic acids is 1. The maximum absolute atomic E-state index is 12.4. The summed E-state index contributed by atoms with van der Waals surface area (Å²) in [4.78, 5) is 19.2. The maximum atomic E-state index is 12.4. The second-order valence-electron chi connectivity index (χ2n) is 5.03. The first-order valence-electron chi connectivity index (χ1n) is 6.55. The van der Waals surface area contributed by atoms with E-state index in [0.717, 1.165) is 28.4 Å². The molecule has 0 bridgehead atoms. The summed E-state index contributed by atoms with van der Waals surface area (Å²) in [7, 11) is 0. The van der Waals surface area contributed by atoms with Gasteiger partial charge in [-0.1, -0.05) is 0 Å². The Morgan fingerprint density at radius 1 is 1.47 bits per heavy atom. The van der Waals surface area contributed by atoms with Gasteiger partial charge < -0.3 is 15.1 Å². The van der Waals surface area contributed by atoms with Gasteiger partial charge in [0.1, 0.15) is 4.88 Å². The molecular formula is C13H20N2O3S. The molecule has 1 amide bonds. The maximum Gasteiger partial charge on any atom is 0.265 e. The van der Waals surface area contributed by atoms with Crippen LogP contribution in [0, 0.1) is 19.8 Å². The molecule has 2 N–H and O–H groups in total. The number of rotatable bonds is 3. The van der Waals surface area contributed by atoms with E-state index >= 15 is 0 Å². The van der Waals surface area contributed by atoms with Crippen LogP contribution in [0.3, 0.4) is 0 Å². The van der Waals surface area contributed by atoms with Crippen LogP contribution in [-0.2, 0) is 0 Å². The zero-order valence-corrected chi connectivity index (χ0v) is 12.1. The van der Waals surface area contributed by atoms with E-state index in [4.69, 9.17) is 5.11 Å². The molecule has 0 spiro atoms. The van der Waals surface area contributed by atoms with E-state index in [1.165, 1.54) is 11.3 Å². The van der Waals surface area contributed by atoms with Crippen molar-refractivity contribution >= 4 is 17.2 Å². The summed E-state index contributed by atoms with van der Waals surface area (Å²) in [5.41, 5.74) is 0.796. The number of hydrogen-bond donors (Lipinski definition) is 2. The van der Waals surface area contributed by atoms with Crippen LogP contribution in [0.15, 0.2) is 0 Å². The highest BCUT2D eigenvalue weighted by Crippen LogP contribution is 2.25. The summed E-state index contributed by atoms with van der Waals surface area (Å²) in [6, 6.07) is 0. The summed E-state index contributed by atoms with van der Waals surface area (Å²) in [6.45, 7) is 4.83. The number of aliphatic hydroxyl groups excluding tert-OH is 2. The molecule has 1 aliphatic heterocycles. The van der Waals surface area contributed by atoms with E-state index in [0.29, 0.717) is 13.1 Å². The van der Waals surface area contributed by atoms with E-state index in [9.17, 15) is 9.90 Å². The minimum atomic E-state index is -0.662. The SMILES string of the molecule is Cc1nc(C)c(C(=O)N2CCC(C(O)CO)CC2)s1. The zero-order valence-electron chi connectivity index (χ0n) is 11.3. The van der Waals surface area contributed by atoms with Gasteiger partial charge >= 0.3 is 0 Å². The number of hydrogen-bond acceptors (Lipinski definition) is 5. The topological polar surface area (TPSA) is 73.7 Å². The van der Waals surface area contributed by atoms with Gasteiger partial charge in [0.15, 0.2) is 0 Å². The Morgan fingerprint density at radius 2 is 2.11 bits per heavy atom. The third-order valence-electron chi connectivity index (χ3n) is 3.66. The van der Waals surface area contributed by atoms with Crippen LogP contribution in [0.5, 0.6) is 0 Å². The van der Waals surface area contributed by atoms with E-state index in [1.54, 1.807) is 0 Å². The fourth-order valence-electron chi connectivity index (χ4n) is 2.51. The quantitative estimate of drug-likeness (QED) is 0.867. The normalized spacial score (nSPS) is 18.6. The lowest BCUT2D eigenvalue weighted by molar-refractivity contribution is 0.0180. The van der Waals surface area contributed by atoms with E-state index in [2.05, 4.69) is 4.98 Å². The lowest BCUT2D eigenvalue weighted by Crippen LogP contribution is -2.41. The Labute approximate surface area is 116 Å². The molecule has 2 rings (SSSR count). The summed E-state index contributed by atoms with van der Waals surface area (Å²) in [6.07, 6.45) is 0.818. The number of piperidine rings is 1. The highest BCUT2D eigenvalue weighted by Gasteiger charge is 2.28. The van der Waals surface area contributed by atoms with Crippen LogP contribution in [0.25, 0.3) is 0 Å². The third-order valence-corrected chi connectivity index (χ3v) is 4.72. The lowest BCUT2D eigenvalue weighted by Gasteiger charge is -2.33. The molecule has 1 fully saturated rings. The number of aromatic nitrogens is 1. The Kier molecular flexibility index (Phi) is 4.54. The molecule has 0 aromatic carbocycles. The molecule has 0 saturated carbocycles. The van der Waals surface area contributed by atoms with Crippen molar-refractivity contribution in [1.82, 2.24) is 9.88 Å². The van der Waals surface area contributed by atoms with Gasteiger partial charge in [-0.2, -0.15) is 0 Å². The van der Waals surface area contributed by atoms with Gasteiger partial charge in [-0.3, -0.25) is 4.79 Å². The van der Waals surface area contributed by atoms with E-state index in [-0.39, 0.29) is 18.4 Å². The number of carbonyl (C=O) groups is 1. The molecule has 1 aliphatic rings. The number of aryl methyl sites for hydroxylation is 2. The fraction of sp³-hybridized carbons (Fsp3) is 0.692. The molecule has 2 heterocycles. The number of thiazole rings is 1. The van der Waals surface area contributed by atoms with Gasteiger partial charge in [0.25, 0.3) is 5.91 Å². The average molecular weight is 284 g/mol. The first kappa shape index (κ1) is 14.4. The largest absolute Gasteiger partial charge is 0.394 e. The van der Waals surface area contributed by atoms with Crippen LogP contribution >= 0.6 is 11.3 Å². The lowest BCUT2D eigenvalue weighted by atomic mass is 9.91. The fourth-order valence-corrected chi connectivity index (χ4v) is 3.40. The zero-order chi connectivity index (χ0) is 14.0. The van der Waals surface area contributed by atoms with Gasteiger partial charge in [0, 0.05) is 13.1 Å². The van der Waals surface area contributed by atoms with Gasteiger partial charge in [-0.15, -0.1) is 11.3 Å². The molecule has 1 unspecified atom stereocenters. The number of likely N-dealkylation sites (tertiary alicyclic amines) is 1. The monoisotopic (exact) mass is 284 g/mol. The van der Waals surface area contributed by atoms with Gasteiger partial charge in [0.2, 0.25) is 0 Å². The molecule has 1 aromatic rings. The van der Waals surface area contributed by atoms with Crippen LogP contribution in [-0.4, -0.2) is 51.8 Å². The molecule has 1 saturated heterocycles. The van der Waals surface area contributed by atoms with Gasteiger partial charge in [-0.05, 0) is 32.6 Å². The van der Waals surface area contributed by atoms with Crippen LogP contribution in [0.2, 0.25) is 0 Å². The highest BCUT2D eigenvalue weighted by atomic mass is 32.1. The predicted molar refractivity (Wildman–Crippen MR) is 73.3 cm³/mol. The van der Waals surface area contributed by atoms with E-state index in [1.807, 2.05) is 18.7 Å². The van der Waals surface area contributed by atoms with E-state index < -0.39 is 6.10 Å². The number of amides is 1. The van der Waals surface area contributed by atoms with Crippen molar-refractivity contribution in [2.75, 3.05) is 19.7 Å². The molecule has 106 valence electrons. The Hall–Kier alpha value is -0.980. The first-order valence-corrected chi connectivity index (χ1v) is 7.36. The molecule has 6 heteroatoms. The Bertz CT molecular complexity index is 453. The third kappa shape index (κ3) is 3.13. The van der Waals surface area contributed by atoms with Crippen molar-refractivity contribution in [1.29, 1.82) is 0 Å². The van der Waals surface area contributed by atoms with Crippen LogP contribution in [0.1, 0.15) is 33.2 Å². The highest BCUT2D eigenvalue weighted by molar-refractivity contribution is 7.13. The van der Waals surface area contributed by atoms with Crippen molar-refractivity contribution < 1.29 is 15.0 Å². The second kappa shape index (κ2) is 5.98. The molecule has 0 aliphatic carbocycles. The first-order chi connectivity index (χ1) is 9.02. The number of aliphatic hydroxyl groups is 2. The molecule has 0 radical (unpaired) electrons. The van der Waals surface area contributed by atoms with Gasteiger partial charge in [-0.25, -0.2) is 4.98 Å². The summed E-state index contributed by atoms with van der Waals surface area (Å²) in [5, 5.41) is 19.5. The predicted octanol–water partition coefficient (Wildman–Crippen LogP) is 0.965. The summed E-state index contributed by atoms with van der Waals surface area (Å²) < 4.78 is 0. The van der Waals surface area contributed by atoms with Crippen LogP contribution < -0.4 is 0 Å².